The highest BCUT2D eigenvalue weighted by molar-refractivity contribution is 4.81. The van der Waals surface area contributed by atoms with Gasteiger partial charge in [0.25, 0.3) is 0 Å². The summed E-state index contributed by atoms with van der Waals surface area (Å²) in [5.41, 5.74) is 5.33. The van der Waals surface area contributed by atoms with E-state index in [4.69, 9.17) is 15.2 Å². The number of nitrogens with two attached hydrogens (primary N) is 1. The second-order valence-electron chi connectivity index (χ2n) is 4.81. The molecule has 0 radical (unpaired) electrons. The van der Waals surface area contributed by atoms with Crippen LogP contribution in [0.5, 0.6) is 0 Å². The van der Waals surface area contributed by atoms with Crippen molar-refractivity contribution < 1.29 is 22.6 Å². The van der Waals surface area contributed by atoms with Crippen LogP contribution in [-0.2, 0) is 9.47 Å². The van der Waals surface area contributed by atoms with Gasteiger partial charge in [-0.25, -0.2) is 0 Å². The van der Waals surface area contributed by atoms with E-state index in [1.165, 1.54) is 6.92 Å². The van der Waals surface area contributed by atoms with E-state index in [0.29, 0.717) is 12.8 Å². The fraction of sp³-hybridized carbons (Fsp3) is 1.00. The van der Waals surface area contributed by atoms with E-state index in [2.05, 4.69) is 0 Å². The Morgan fingerprint density at radius 1 is 1.24 bits per heavy atom. The maximum absolute atomic E-state index is 12.7. The second kappa shape index (κ2) is 5.54. The summed E-state index contributed by atoms with van der Waals surface area (Å²) >= 11 is 0. The molecule has 0 amide bonds. The molecule has 102 valence electrons. The van der Waals surface area contributed by atoms with Crippen molar-refractivity contribution in [1.29, 1.82) is 0 Å². The monoisotopic (exact) mass is 255 g/mol. The van der Waals surface area contributed by atoms with Crippen molar-refractivity contribution >= 4 is 0 Å². The molecule has 6 heteroatoms. The molecular formula is C11H20F3NO2. The van der Waals surface area contributed by atoms with Crippen LogP contribution in [0.3, 0.4) is 0 Å². The summed E-state index contributed by atoms with van der Waals surface area (Å²) in [4.78, 5) is 0. The van der Waals surface area contributed by atoms with Gasteiger partial charge in [0.1, 0.15) is 0 Å². The molecule has 0 saturated carbocycles. The molecule has 1 rings (SSSR count). The number of hydrogen-bond acceptors (Lipinski definition) is 3. The zero-order valence-corrected chi connectivity index (χ0v) is 10.3. The van der Waals surface area contributed by atoms with Gasteiger partial charge < -0.3 is 15.2 Å². The largest absolute Gasteiger partial charge is 0.416 e. The molecule has 1 heterocycles. The molecule has 0 aromatic carbocycles. The van der Waals surface area contributed by atoms with Gasteiger partial charge in [0, 0.05) is 6.04 Å². The molecule has 4 unspecified atom stereocenters. The van der Waals surface area contributed by atoms with Gasteiger partial charge in [0.2, 0.25) is 0 Å². The van der Waals surface area contributed by atoms with Crippen molar-refractivity contribution in [3.8, 4) is 0 Å². The summed E-state index contributed by atoms with van der Waals surface area (Å²) in [6.45, 7) is 4.98. The summed E-state index contributed by atoms with van der Waals surface area (Å²) < 4.78 is 48.6. The third-order valence-corrected chi connectivity index (χ3v) is 2.79. The Balaban J connectivity index is 2.61. The van der Waals surface area contributed by atoms with Gasteiger partial charge in [0.15, 0.2) is 6.10 Å². The smallest absolute Gasteiger partial charge is 0.375 e. The highest BCUT2D eigenvalue weighted by atomic mass is 19.4. The second-order valence-corrected chi connectivity index (χ2v) is 4.81. The molecule has 17 heavy (non-hydrogen) atoms. The van der Waals surface area contributed by atoms with Crippen LogP contribution in [0.1, 0.15) is 33.6 Å². The average molecular weight is 255 g/mol. The summed E-state index contributed by atoms with van der Waals surface area (Å²) in [5.74, 6) is 0. The molecule has 0 aliphatic carbocycles. The molecule has 1 aliphatic heterocycles. The molecule has 0 aromatic heterocycles. The van der Waals surface area contributed by atoms with Crippen LogP contribution in [0.4, 0.5) is 13.2 Å². The van der Waals surface area contributed by atoms with Crippen molar-refractivity contribution in [3.63, 3.8) is 0 Å². The van der Waals surface area contributed by atoms with Gasteiger partial charge in [-0.2, -0.15) is 13.2 Å². The molecule has 0 spiro atoms. The number of ether oxygens (including phenoxy) is 2. The van der Waals surface area contributed by atoms with Crippen LogP contribution in [0.15, 0.2) is 0 Å². The van der Waals surface area contributed by atoms with E-state index in [1.807, 2.05) is 13.8 Å². The Morgan fingerprint density at radius 2 is 1.71 bits per heavy atom. The van der Waals surface area contributed by atoms with E-state index < -0.39 is 24.4 Å². The molecule has 0 bridgehead atoms. The van der Waals surface area contributed by atoms with E-state index in [1.54, 1.807) is 0 Å². The maximum Gasteiger partial charge on any atom is 0.416 e. The first-order chi connectivity index (χ1) is 7.70. The lowest BCUT2D eigenvalue weighted by atomic mass is 10.0. The van der Waals surface area contributed by atoms with Crippen LogP contribution in [0, 0.1) is 0 Å². The van der Waals surface area contributed by atoms with E-state index in [9.17, 15) is 13.2 Å². The van der Waals surface area contributed by atoms with E-state index >= 15 is 0 Å². The molecule has 1 saturated heterocycles. The fourth-order valence-corrected chi connectivity index (χ4v) is 2.16. The predicted octanol–water partition coefficient (Wildman–Crippen LogP) is 2.24. The van der Waals surface area contributed by atoms with Crippen LogP contribution >= 0.6 is 0 Å². The van der Waals surface area contributed by atoms with Gasteiger partial charge in [-0.05, 0) is 33.6 Å². The van der Waals surface area contributed by atoms with Gasteiger partial charge in [0.05, 0.1) is 18.3 Å². The maximum atomic E-state index is 12.7. The number of rotatable bonds is 3. The highest BCUT2D eigenvalue weighted by Gasteiger charge is 2.45. The standard InChI is InChI=1S/C11H20F3NO2/c1-6-4-9(5-7(2)16-6)17-10(8(3)15)11(12,13)14/h6-10H,4-5,15H2,1-3H3. The highest BCUT2D eigenvalue weighted by Crippen LogP contribution is 2.30. The van der Waals surface area contributed by atoms with Crippen molar-refractivity contribution in [2.24, 2.45) is 5.73 Å². The first-order valence-corrected chi connectivity index (χ1v) is 5.83. The minimum atomic E-state index is -4.42. The Kier molecular flexibility index (Phi) is 4.80. The zero-order chi connectivity index (χ0) is 13.2. The summed E-state index contributed by atoms with van der Waals surface area (Å²) in [7, 11) is 0. The molecule has 0 aromatic rings. The quantitative estimate of drug-likeness (QED) is 0.841. The molecule has 4 atom stereocenters. The topological polar surface area (TPSA) is 44.5 Å². The number of alkyl halides is 3. The third kappa shape index (κ3) is 4.44. The van der Waals surface area contributed by atoms with Crippen molar-refractivity contribution in [3.05, 3.63) is 0 Å². The molecule has 2 N–H and O–H groups in total. The first-order valence-electron chi connectivity index (χ1n) is 5.83. The van der Waals surface area contributed by atoms with Crippen LogP contribution < -0.4 is 5.73 Å². The molecule has 3 nitrogen and oxygen atoms in total. The van der Waals surface area contributed by atoms with E-state index in [-0.39, 0.29) is 12.2 Å². The summed E-state index contributed by atoms with van der Waals surface area (Å²) in [6.07, 6.45) is -5.96. The van der Waals surface area contributed by atoms with Crippen LogP contribution in [0.2, 0.25) is 0 Å². The lowest BCUT2D eigenvalue weighted by molar-refractivity contribution is -0.249. The Bertz CT molecular complexity index is 235. The lowest BCUT2D eigenvalue weighted by Crippen LogP contribution is -2.49. The zero-order valence-electron chi connectivity index (χ0n) is 10.3. The van der Waals surface area contributed by atoms with Gasteiger partial charge in [-0.3, -0.25) is 0 Å². The minimum Gasteiger partial charge on any atom is -0.375 e. The van der Waals surface area contributed by atoms with Crippen LogP contribution in [0.25, 0.3) is 0 Å². The average Bonchev–Trinajstić information content (AvgIpc) is 2.10. The van der Waals surface area contributed by atoms with Crippen molar-refractivity contribution in [2.75, 3.05) is 0 Å². The first kappa shape index (κ1) is 14.7. The fourth-order valence-electron chi connectivity index (χ4n) is 2.16. The van der Waals surface area contributed by atoms with E-state index in [0.717, 1.165) is 0 Å². The Labute approximate surface area is 99.4 Å². The number of hydrogen-bond donors (Lipinski definition) is 1. The normalized spacial score (nSPS) is 34.4. The Hall–Kier alpha value is -0.330. The van der Waals surface area contributed by atoms with Crippen molar-refractivity contribution in [1.82, 2.24) is 0 Å². The Morgan fingerprint density at radius 3 is 2.06 bits per heavy atom. The lowest BCUT2D eigenvalue weighted by Gasteiger charge is -2.35. The van der Waals surface area contributed by atoms with Gasteiger partial charge >= 0.3 is 6.18 Å². The third-order valence-electron chi connectivity index (χ3n) is 2.79. The summed E-state index contributed by atoms with van der Waals surface area (Å²) in [6, 6.07) is -1.07. The molecule has 1 fully saturated rings. The minimum absolute atomic E-state index is 0.0780. The predicted molar refractivity (Wildman–Crippen MR) is 57.6 cm³/mol. The van der Waals surface area contributed by atoms with Gasteiger partial charge in [-0.1, -0.05) is 0 Å². The van der Waals surface area contributed by atoms with Crippen molar-refractivity contribution in [2.45, 2.75) is 70.2 Å². The molecular weight excluding hydrogens is 235 g/mol. The van der Waals surface area contributed by atoms with Gasteiger partial charge in [-0.15, -0.1) is 0 Å². The summed E-state index contributed by atoms with van der Waals surface area (Å²) in [5, 5.41) is 0. The molecule has 1 aliphatic rings. The number of halogens is 3. The van der Waals surface area contributed by atoms with Crippen LogP contribution in [-0.4, -0.2) is 36.6 Å². The SMILES string of the molecule is CC1CC(OC(C(C)N)C(F)(F)F)CC(C)O1.